The van der Waals surface area contributed by atoms with Gasteiger partial charge in [-0.2, -0.15) is 0 Å². The Morgan fingerprint density at radius 1 is 1.14 bits per heavy atom. The molecule has 2 aromatic rings. The molecule has 1 aliphatic heterocycles. The number of benzene rings is 1. The minimum Gasteiger partial charge on any atom is -0.341 e. The molecule has 6 heteroatoms. The van der Waals surface area contributed by atoms with E-state index in [1.165, 1.54) is 19.3 Å². The number of halogens is 1. The third-order valence-electron chi connectivity index (χ3n) is 3.63. The summed E-state index contributed by atoms with van der Waals surface area (Å²) >= 11 is 7.46. The zero-order chi connectivity index (χ0) is 15.4. The fraction of sp³-hybridized carbons (Fsp3) is 0.375. The summed E-state index contributed by atoms with van der Waals surface area (Å²) in [6.45, 7) is 5.83. The minimum absolute atomic E-state index is 0.618. The first-order valence-corrected chi connectivity index (χ1v) is 8.84. The summed E-state index contributed by atoms with van der Waals surface area (Å²) in [5.74, 6) is 1.56. The van der Waals surface area contributed by atoms with Gasteiger partial charge in [-0.3, -0.25) is 4.57 Å². The van der Waals surface area contributed by atoms with Gasteiger partial charge in [-0.15, -0.1) is 10.2 Å². The van der Waals surface area contributed by atoms with Gasteiger partial charge < -0.3 is 4.90 Å². The Morgan fingerprint density at radius 2 is 1.86 bits per heavy atom. The van der Waals surface area contributed by atoms with Crippen LogP contribution in [0.4, 0.5) is 5.95 Å². The average Bonchev–Trinajstić information content (AvgIpc) is 2.98. The number of aromatic nitrogens is 3. The molecular weight excluding hydrogens is 316 g/mol. The smallest absolute Gasteiger partial charge is 0.232 e. The fourth-order valence-electron chi connectivity index (χ4n) is 2.60. The molecule has 116 valence electrons. The second-order valence-corrected chi connectivity index (χ2v) is 6.78. The third-order valence-corrected chi connectivity index (χ3v) is 4.93. The highest BCUT2D eigenvalue weighted by atomic mass is 35.5. The van der Waals surface area contributed by atoms with Crippen LogP contribution < -0.4 is 4.90 Å². The van der Waals surface area contributed by atoms with Crippen molar-refractivity contribution < 1.29 is 0 Å². The number of hydrogen-bond acceptors (Lipinski definition) is 4. The molecule has 1 aromatic carbocycles. The summed E-state index contributed by atoms with van der Waals surface area (Å²) in [7, 11) is 0. The molecule has 0 amide bonds. The molecule has 22 heavy (non-hydrogen) atoms. The van der Waals surface area contributed by atoms with Crippen molar-refractivity contribution in [2.45, 2.75) is 24.4 Å². The van der Waals surface area contributed by atoms with E-state index < -0.39 is 0 Å². The van der Waals surface area contributed by atoms with Gasteiger partial charge in [-0.25, -0.2) is 0 Å². The number of thioether (sulfide) groups is 1. The van der Waals surface area contributed by atoms with Gasteiger partial charge in [0.25, 0.3) is 0 Å². The quantitative estimate of drug-likeness (QED) is 0.771. The van der Waals surface area contributed by atoms with Crippen LogP contribution in [0.5, 0.6) is 0 Å². The summed E-state index contributed by atoms with van der Waals surface area (Å²) < 4.78 is 2.12. The Morgan fingerprint density at radius 3 is 2.55 bits per heavy atom. The Labute approximate surface area is 140 Å². The van der Waals surface area contributed by atoms with Crippen LogP contribution in [-0.2, 0) is 0 Å². The molecule has 0 aliphatic carbocycles. The second kappa shape index (κ2) is 7.20. The Kier molecular flexibility index (Phi) is 5.05. The van der Waals surface area contributed by atoms with Crippen LogP contribution in [0.3, 0.4) is 0 Å². The van der Waals surface area contributed by atoms with Gasteiger partial charge >= 0.3 is 0 Å². The van der Waals surface area contributed by atoms with Gasteiger partial charge in [0.15, 0.2) is 5.16 Å². The zero-order valence-corrected chi connectivity index (χ0v) is 14.0. The highest BCUT2D eigenvalue weighted by Crippen LogP contribution is 2.29. The predicted octanol–water partition coefficient (Wildman–Crippen LogP) is 4.10. The van der Waals surface area contributed by atoms with E-state index in [0.29, 0.717) is 10.8 Å². The van der Waals surface area contributed by atoms with E-state index >= 15 is 0 Å². The number of rotatable bonds is 5. The summed E-state index contributed by atoms with van der Waals surface area (Å²) in [6.07, 6.45) is 3.72. The molecule has 0 unspecified atom stereocenters. The maximum atomic E-state index is 5.90. The van der Waals surface area contributed by atoms with Crippen molar-refractivity contribution in [2.75, 3.05) is 23.7 Å². The maximum absolute atomic E-state index is 5.90. The number of para-hydroxylation sites is 1. The van der Waals surface area contributed by atoms with Crippen molar-refractivity contribution in [3.05, 3.63) is 41.9 Å². The van der Waals surface area contributed by atoms with Crippen LogP contribution in [0.2, 0.25) is 0 Å². The largest absolute Gasteiger partial charge is 0.341 e. The number of anilines is 1. The van der Waals surface area contributed by atoms with E-state index in [0.717, 1.165) is 29.9 Å². The van der Waals surface area contributed by atoms with Gasteiger partial charge in [0, 0.05) is 23.9 Å². The molecule has 0 atom stereocenters. The number of nitrogens with zero attached hydrogens (tertiary/aromatic N) is 4. The summed E-state index contributed by atoms with van der Waals surface area (Å²) in [5.41, 5.74) is 1.08. The molecule has 4 nitrogen and oxygen atoms in total. The normalized spacial score (nSPS) is 15.0. The minimum atomic E-state index is 0.618. The predicted molar refractivity (Wildman–Crippen MR) is 93.1 cm³/mol. The Bertz CT molecular complexity index is 635. The summed E-state index contributed by atoms with van der Waals surface area (Å²) in [4.78, 5) is 2.32. The van der Waals surface area contributed by atoms with Crippen molar-refractivity contribution in [1.29, 1.82) is 0 Å². The van der Waals surface area contributed by atoms with Crippen molar-refractivity contribution in [1.82, 2.24) is 14.8 Å². The summed E-state index contributed by atoms with van der Waals surface area (Å²) in [6, 6.07) is 10.2. The van der Waals surface area contributed by atoms with Crippen LogP contribution in [0.1, 0.15) is 19.3 Å². The van der Waals surface area contributed by atoms with Crippen LogP contribution >= 0.6 is 23.4 Å². The number of hydrogen-bond donors (Lipinski definition) is 0. The first-order chi connectivity index (χ1) is 10.8. The summed E-state index contributed by atoms with van der Waals surface area (Å²) in [5, 5.41) is 10.3. The van der Waals surface area contributed by atoms with Crippen LogP contribution in [0, 0.1) is 0 Å². The van der Waals surface area contributed by atoms with Crippen molar-refractivity contribution >= 4 is 29.3 Å². The van der Waals surface area contributed by atoms with Crippen molar-refractivity contribution in [2.24, 2.45) is 0 Å². The van der Waals surface area contributed by atoms with E-state index in [9.17, 15) is 0 Å². The van der Waals surface area contributed by atoms with Gasteiger partial charge in [-0.1, -0.05) is 48.1 Å². The monoisotopic (exact) mass is 334 g/mol. The topological polar surface area (TPSA) is 34.0 Å². The molecule has 0 N–H and O–H groups in total. The fourth-order valence-corrected chi connectivity index (χ4v) is 3.46. The van der Waals surface area contributed by atoms with E-state index in [4.69, 9.17) is 11.6 Å². The SMILES string of the molecule is C=C(Cl)CSc1nnc(N2CCCCC2)n1-c1ccccc1. The van der Waals surface area contributed by atoms with E-state index in [1.54, 1.807) is 11.8 Å². The van der Waals surface area contributed by atoms with Crippen LogP contribution in [0.15, 0.2) is 47.1 Å². The lowest BCUT2D eigenvalue weighted by molar-refractivity contribution is 0.564. The third kappa shape index (κ3) is 3.47. The first-order valence-electron chi connectivity index (χ1n) is 7.47. The van der Waals surface area contributed by atoms with E-state index in [1.807, 2.05) is 18.2 Å². The standard InChI is InChI=1S/C16H19ClN4S/c1-13(17)12-22-16-19-18-15(20-10-6-3-7-11-20)21(16)14-8-4-2-5-9-14/h2,4-5,8-9H,1,3,6-7,10-12H2. The van der Waals surface area contributed by atoms with Crippen LogP contribution in [-0.4, -0.2) is 33.6 Å². The molecule has 0 saturated carbocycles. The molecule has 0 radical (unpaired) electrons. The molecular formula is C16H19ClN4S. The first kappa shape index (κ1) is 15.4. The van der Waals surface area contributed by atoms with Gasteiger partial charge in [-0.05, 0) is 31.4 Å². The Hall–Kier alpha value is -1.46. The molecule has 1 fully saturated rings. The van der Waals surface area contributed by atoms with Crippen LogP contribution in [0.25, 0.3) is 5.69 Å². The average molecular weight is 335 g/mol. The van der Waals surface area contributed by atoms with Crippen molar-refractivity contribution in [3.8, 4) is 5.69 Å². The van der Waals surface area contributed by atoms with E-state index in [2.05, 4.69) is 38.4 Å². The van der Waals surface area contributed by atoms with Gasteiger partial charge in [0.1, 0.15) is 0 Å². The lowest BCUT2D eigenvalue weighted by atomic mass is 10.1. The van der Waals surface area contributed by atoms with Crippen molar-refractivity contribution in [3.63, 3.8) is 0 Å². The molecule has 2 heterocycles. The lowest BCUT2D eigenvalue weighted by Crippen LogP contribution is -2.31. The molecule has 1 aromatic heterocycles. The number of piperidine rings is 1. The zero-order valence-electron chi connectivity index (χ0n) is 12.4. The highest BCUT2D eigenvalue weighted by molar-refractivity contribution is 7.99. The molecule has 1 saturated heterocycles. The second-order valence-electron chi connectivity index (χ2n) is 5.31. The highest BCUT2D eigenvalue weighted by Gasteiger charge is 2.21. The molecule has 1 aliphatic rings. The molecule has 0 bridgehead atoms. The lowest BCUT2D eigenvalue weighted by Gasteiger charge is -2.27. The van der Waals surface area contributed by atoms with E-state index in [-0.39, 0.29) is 0 Å². The molecule has 0 spiro atoms. The van der Waals surface area contributed by atoms with Gasteiger partial charge in [0.2, 0.25) is 5.95 Å². The van der Waals surface area contributed by atoms with Gasteiger partial charge in [0.05, 0.1) is 5.69 Å². The maximum Gasteiger partial charge on any atom is 0.232 e. The molecule has 3 rings (SSSR count). The Balaban J connectivity index is 1.97.